The van der Waals surface area contributed by atoms with Crippen molar-refractivity contribution in [3.63, 3.8) is 0 Å². The van der Waals surface area contributed by atoms with E-state index < -0.39 is 0 Å². The average Bonchev–Trinajstić information content (AvgIpc) is 2.66. The van der Waals surface area contributed by atoms with E-state index in [-0.39, 0.29) is 18.2 Å². The first-order valence-corrected chi connectivity index (χ1v) is 8.89. The van der Waals surface area contributed by atoms with Gasteiger partial charge in [0.15, 0.2) is 0 Å². The summed E-state index contributed by atoms with van der Waals surface area (Å²) in [5.41, 5.74) is 1.74. The number of hydrogen-bond donors (Lipinski definition) is 1. The van der Waals surface area contributed by atoms with E-state index in [4.69, 9.17) is 4.74 Å². The molecule has 26 heavy (non-hydrogen) atoms. The quantitative estimate of drug-likeness (QED) is 0.696. The minimum Gasteiger partial charge on any atom is -0.489 e. The molecule has 2 aromatic carbocycles. The summed E-state index contributed by atoms with van der Waals surface area (Å²) < 4.78 is 5.71. The molecule has 0 saturated heterocycles. The molecule has 0 spiro atoms. The minimum atomic E-state index is -0.309. The van der Waals surface area contributed by atoms with Crippen LogP contribution < -0.4 is 10.1 Å². The Morgan fingerprint density at radius 1 is 1.04 bits per heavy atom. The Morgan fingerprint density at radius 2 is 1.73 bits per heavy atom. The summed E-state index contributed by atoms with van der Waals surface area (Å²) in [5.74, 6) is 0.247. The van der Waals surface area contributed by atoms with E-state index in [0.29, 0.717) is 18.8 Å². The maximum Gasteiger partial charge on any atom is 0.233 e. The number of ether oxygens (including phenoxy) is 1. The van der Waals surface area contributed by atoms with Gasteiger partial charge in [-0.25, -0.2) is 0 Å². The molecule has 2 amide bonds. The molecule has 0 atom stereocenters. The highest BCUT2D eigenvalue weighted by Gasteiger charge is 2.13. The molecule has 5 nitrogen and oxygen atoms in total. The number of unbranched alkanes of at least 4 members (excludes halogenated alkanes) is 1. The predicted octanol–water partition coefficient (Wildman–Crippen LogP) is 3.85. The summed E-state index contributed by atoms with van der Waals surface area (Å²) in [4.78, 5) is 25.6. The van der Waals surface area contributed by atoms with Crippen LogP contribution in [0.4, 0.5) is 5.69 Å². The molecule has 0 aliphatic rings. The Labute approximate surface area is 155 Å². The van der Waals surface area contributed by atoms with E-state index in [1.54, 1.807) is 36.2 Å². The number of nitrogens with zero attached hydrogens (tertiary/aromatic N) is 1. The molecule has 138 valence electrons. The Hall–Kier alpha value is -2.82. The van der Waals surface area contributed by atoms with E-state index in [1.807, 2.05) is 30.3 Å². The Bertz CT molecular complexity index is 699. The van der Waals surface area contributed by atoms with Crippen LogP contribution >= 0.6 is 0 Å². The van der Waals surface area contributed by atoms with Gasteiger partial charge >= 0.3 is 0 Å². The fraction of sp³-hybridized carbons (Fsp3) is 0.333. The fourth-order valence-corrected chi connectivity index (χ4v) is 2.37. The van der Waals surface area contributed by atoms with Crippen molar-refractivity contribution in [2.24, 2.45) is 0 Å². The van der Waals surface area contributed by atoms with Gasteiger partial charge in [0.2, 0.25) is 11.8 Å². The van der Waals surface area contributed by atoms with Gasteiger partial charge in [-0.1, -0.05) is 43.7 Å². The lowest BCUT2D eigenvalue weighted by molar-refractivity contribution is -0.133. The summed E-state index contributed by atoms with van der Waals surface area (Å²) in [7, 11) is 1.73. The molecule has 5 heteroatoms. The number of amides is 2. The number of anilines is 1. The number of benzene rings is 2. The highest BCUT2D eigenvalue weighted by atomic mass is 16.5. The molecule has 0 aromatic heterocycles. The van der Waals surface area contributed by atoms with Gasteiger partial charge < -0.3 is 15.0 Å². The first-order valence-electron chi connectivity index (χ1n) is 8.89. The van der Waals surface area contributed by atoms with Gasteiger partial charge in [0, 0.05) is 19.3 Å². The summed E-state index contributed by atoms with van der Waals surface area (Å²) in [6.07, 6.45) is 1.81. The average molecular weight is 354 g/mol. The topological polar surface area (TPSA) is 58.6 Å². The van der Waals surface area contributed by atoms with Gasteiger partial charge in [-0.05, 0) is 36.2 Å². The van der Waals surface area contributed by atoms with Crippen LogP contribution in [0.1, 0.15) is 31.7 Å². The monoisotopic (exact) mass is 354 g/mol. The number of nitrogens with one attached hydrogen (secondary N) is 1. The van der Waals surface area contributed by atoms with Crippen molar-refractivity contribution in [1.82, 2.24) is 4.90 Å². The van der Waals surface area contributed by atoms with E-state index in [1.165, 1.54) is 0 Å². The fourth-order valence-electron chi connectivity index (χ4n) is 2.37. The molecule has 0 bridgehead atoms. The molecule has 0 fully saturated rings. The number of rotatable bonds is 9. The van der Waals surface area contributed by atoms with Crippen molar-refractivity contribution >= 4 is 17.5 Å². The van der Waals surface area contributed by atoms with Crippen LogP contribution in [0.5, 0.6) is 5.75 Å². The third-order valence-corrected chi connectivity index (χ3v) is 3.97. The molecular formula is C21H26N2O3. The van der Waals surface area contributed by atoms with E-state index in [9.17, 15) is 9.59 Å². The molecule has 1 N–H and O–H groups in total. The maximum absolute atomic E-state index is 12.0. The zero-order chi connectivity index (χ0) is 18.8. The predicted molar refractivity (Wildman–Crippen MR) is 103 cm³/mol. The lowest BCUT2D eigenvalue weighted by Gasteiger charge is -2.16. The van der Waals surface area contributed by atoms with Crippen molar-refractivity contribution in [3.05, 3.63) is 60.2 Å². The molecule has 2 aromatic rings. The van der Waals surface area contributed by atoms with Crippen LogP contribution in [0.15, 0.2) is 54.6 Å². The highest BCUT2D eigenvalue weighted by molar-refractivity contribution is 6.03. The number of hydrogen-bond acceptors (Lipinski definition) is 3. The minimum absolute atomic E-state index is 0.146. The second kappa shape index (κ2) is 10.2. The zero-order valence-corrected chi connectivity index (χ0v) is 15.4. The largest absolute Gasteiger partial charge is 0.489 e. The Balaban J connectivity index is 1.79. The normalized spacial score (nSPS) is 10.2. The summed E-state index contributed by atoms with van der Waals surface area (Å²) in [6.45, 7) is 3.24. The highest BCUT2D eigenvalue weighted by Crippen LogP contribution is 2.17. The second-order valence-electron chi connectivity index (χ2n) is 6.19. The van der Waals surface area contributed by atoms with E-state index >= 15 is 0 Å². The lowest BCUT2D eigenvalue weighted by atomic mass is 10.2. The SMILES string of the molecule is CCCCN(C)C(=O)CC(=O)Nc1ccc(OCc2ccccc2)cc1. The Morgan fingerprint density at radius 3 is 2.38 bits per heavy atom. The van der Waals surface area contributed by atoms with Crippen molar-refractivity contribution in [1.29, 1.82) is 0 Å². The van der Waals surface area contributed by atoms with Crippen molar-refractivity contribution in [3.8, 4) is 5.75 Å². The molecule has 0 aliphatic carbocycles. The molecule has 0 unspecified atom stereocenters. The van der Waals surface area contributed by atoms with Gasteiger partial charge in [0.25, 0.3) is 0 Å². The second-order valence-corrected chi connectivity index (χ2v) is 6.19. The van der Waals surface area contributed by atoms with E-state index in [0.717, 1.165) is 24.2 Å². The van der Waals surface area contributed by atoms with Crippen LogP contribution in [0.2, 0.25) is 0 Å². The van der Waals surface area contributed by atoms with Gasteiger partial charge in [-0.2, -0.15) is 0 Å². The molecule has 0 saturated carbocycles. The van der Waals surface area contributed by atoms with Crippen molar-refractivity contribution in [2.75, 3.05) is 18.9 Å². The van der Waals surface area contributed by atoms with Gasteiger partial charge in [0.05, 0.1) is 0 Å². The van der Waals surface area contributed by atoms with Crippen molar-refractivity contribution < 1.29 is 14.3 Å². The molecule has 0 radical (unpaired) electrons. The molecule has 0 aliphatic heterocycles. The van der Waals surface area contributed by atoms with Crippen LogP contribution in [0, 0.1) is 0 Å². The first kappa shape index (κ1) is 19.5. The summed E-state index contributed by atoms with van der Waals surface area (Å²) in [5, 5.41) is 2.74. The summed E-state index contributed by atoms with van der Waals surface area (Å²) in [6, 6.07) is 17.0. The summed E-state index contributed by atoms with van der Waals surface area (Å²) >= 11 is 0. The number of carbonyl (C=O) groups is 2. The van der Waals surface area contributed by atoms with Gasteiger partial charge in [-0.3, -0.25) is 9.59 Å². The number of carbonyl (C=O) groups excluding carboxylic acids is 2. The smallest absolute Gasteiger partial charge is 0.233 e. The van der Waals surface area contributed by atoms with Crippen LogP contribution in [0.3, 0.4) is 0 Å². The van der Waals surface area contributed by atoms with Crippen LogP contribution in [0.25, 0.3) is 0 Å². The van der Waals surface area contributed by atoms with Crippen LogP contribution in [-0.4, -0.2) is 30.3 Å². The molecular weight excluding hydrogens is 328 g/mol. The third-order valence-electron chi connectivity index (χ3n) is 3.97. The third kappa shape index (κ3) is 6.59. The van der Waals surface area contributed by atoms with Gasteiger partial charge in [0.1, 0.15) is 18.8 Å². The maximum atomic E-state index is 12.0. The van der Waals surface area contributed by atoms with Crippen LogP contribution in [-0.2, 0) is 16.2 Å². The molecule has 0 heterocycles. The van der Waals surface area contributed by atoms with E-state index in [2.05, 4.69) is 12.2 Å². The Kier molecular flexibility index (Phi) is 7.68. The first-order chi connectivity index (χ1) is 12.6. The van der Waals surface area contributed by atoms with Crippen molar-refractivity contribution in [2.45, 2.75) is 32.8 Å². The standard InChI is InChI=1S/C21H26N2O3/c1-3-4-14-23(2)21(25)15-20(24)22-18-10-12-19(13-11-18)26-16-17-8-6-5-7-9-17/h5-13H,3-4,14-16H2,1-2H3,(H,22,24). The zero-order valence-electron chi connectivity index (χ0n) is 15.4. The molecule has 2 rings (SSSR count). The lowest BCUT2D eigenvalue weighted by Crippen LogP contribution is -2.31. The van der Waals surface area contributed by atoms with Gasteiger partial charge in [-0.15, -0.1) is 0 Å².